The van der Waals surface area contributed by atoms with Gasteiger partial charge in [-0.25, -0.2) is 9.97 Å². The molecule has 6 rings (SSSR count). The second-order valence-electron chi connectivity index (χ2n) is 7.12. The standard InChI is InChI=1S/C20H14N4.C6H4Cl.Mo/c1-2-14-10-16-5-6-18(23-16)12-20-8-7-19(24-20)11-17-4-3-15(22-17)9-13(1)21-14;7-6-4-2-1-3-5-6;/h1-12,21-22H;2-5H;/q;-1;. The predicted octanol–water partition coefficient (Wildman–Crippen LogP) is 6.79. The molecule has 4 aromatic rings. The van der Waals surface area contributed by atoms with Gasteiger partial charge in [-0.2, -0.15) is 30.3 Å². The summed E-state index contributed by atoms with van der Waals surface area (Å²) in [6.45, 7) is 0. The van der Waals surface area contributed by atoms with Crippen molar-refractivity contribution in [3.8, 4) is 0 Å². The van der Waals surface area contributed by atoms with Gasteiger partial charge >= 0.3 is 0 Å². The quantitative estimate of drug-likeness (QED) is 0.172. The van der Waals surface area contributed by atoms with Gasteiger partial charge in [-0.3, -0.25) is 0 Å². The SMILES string of the molecule is C1=Cc2cc3ccc(cc4ccc(cc5nc(cc1n2)C=C5)[nH]4)[nH]3.Clc1cc[c-]cc1.[Mo]. The third kappa shape index (κ3) is 5.53. The molecule has 32 heavy (non-hydrogen) atoms. The average molecular weight is 518 g/mol. The van der Waals surface area contributed by atoms with E-state index in [1.807, 2.05) is 42.5 Å². The molecule has 2 aliphatic rings. The summed E-state index contributed by atoms with van der Waals surface area (Å²) in [5.74, 6) is 0. The molecule has 4 nitrogen and oxygen atoms in total. The van der Waals surface area contributed by atoms with E-state index >= 15 is 0 Å². The molecular formula is C26H18ClMoN4-. The van der Waals surface area contributed by atoms with Crippen LogP contribution in [0.15, 0.2) is 72.8 Å². The Hall–Kier alpha value is -3.20. The van der Waals surface area contributed by atoms with Gasteiger partial charge in [-0.1, -0.05) is 5.02 Å². The number of nitrogens with zero attached hydrogens (tertiary/aromatic N) is 2. The fraction of sp³-hybridized carbons (Fsp3) is 0. The van der Waals surface area contributed by atoms with Crippen LogP contribution >= 0.6 is 11.6 Å². The summed E-state index contributed by atoms with van der Waals surface area (Å²) in [6, 6.07) is 26.4. The van der Waals surface area contributed by atoms with Crippen molar-refractivity contribution >= 4 is 58.0 Å². The third-order valence-electron chi connectivity index (χ3n) is 4.72. The molecule has 0 aliphatic carbocycles. The number of H-pyrrole nitrogens is 2. The summed E-state index contributed by atoms with van der Waals surface area (Å²) in [5, 5.41) is 0.763. The van der Waals surface area contributed by atoms with Gasteiger partial charge in [-0.15, -0.1) is 11.6 Å². The maximum atomic E-state index is 5.52. The molecule has 156 valence electrons. The van der Waals surface area contributed by atoms with Crippen LogP contribution in [0.2, 0.25) is 5.02 Å². The first-order valence-corrected chi connectivity index (χ1v) is 10.2. The first kappa shape index (κ1) is 22.0. The predicted molar refractivity (Wildman–Crippen MR) is 129 cm³/mol. The van der Waals surface area contributed by atoms with Gasteiger partial charge in [0, 0.05) is 43.1 Å². The van der Waals surface area contributed by atoms with Crippen LogP contribution in [0.5, 0.6) is 0 Å². The van der Waals surface area contributed by atoms with E-state index in [9.17, 15) is 0 Å². The van der Waals surface area contributed by atoms with Crippen molar-refractivity contribution in [3.05, 3.63) is 107 Å². The molecule has 0 unspecified atom stereocenters. The topological polar surface area (TPSA) is 57.4 Å². The number of hydrogen-bond acceptors (Lipinski definition) is 2. The van der Waals surface area contributed by atoms with Crippen molar-refractivity contribution in [2.75, 3.05) is 0 Å². The van der Waals surface area contributed by atoms with E-state index in [-0.39, 0.29) is 21.1 Å². The monoisotopic (exact) mass is 519 g/mol. The van der Waals surface area contributed by atoms with Crippen molar-refractivity contribution in [2.45, 2.75) is 0 Å². The zero-order valence-corrected chi connectivity index (χ0v) is 19.7. The average Bonchev–Trinajstić information content (AvgIpc) is 3.55. The van der Waals surface area contributed by atoms with Gasteiger partial charge in [0.15, 0.2) is 0 Å². The molecule has 0 amide bonds. The van der Waals surface area contributed by atoms with Crippen molar-refractivity contribution < 1.29 is 21.1 Å². The van der Waals surface area contributed by atoms with E-state index in [0.717, 1.165) is 49.9 Å². The van der Waals surface area contributed by atoms with Crippen LogP contribution in [0.4, 0.5) is 0 Å². The van der Waals surface area contributed by atoms with Crippen LogP contribution in [0.1, 0.15) is 22.8 Å². The molecule has 6 heteroatoms. The summed E-state index contributed by atoms with van der Waals surface area (Å²) in [6.07, 6.45) is 8.05. The zero-order valence-electron chi connectivity index (χ0n) is 16.9. The van der Waals surface area contributed by atoms with E-state index in [1.54, 1.807) is 24.3 Å². The molecule has 3 aromatic heterocycles. The summed E-state index contributed by atoms with van der Waals surface area (Å²) in [4.78, 5) is 16.0. The van der Waals surface area contributed by atoms with Gasteiger partial charge < -0.3 is 9.97 Å². The Labute approximate surface area is 205 Å². The number of rotatable bonds is 0. The zero-order chi connectivity index (χ0) is 21.0. The van der Waals surface area contributed by atoms with Crippen molar-refractivity contribution in [3.63, 3.8) is 0 Å². The summed E-state index contributed by atoms with van der Waals surface area (Å²) < 4.78 is 0. The summed E-state index contributed by atoms with van der Waals surface area (Å²) in [7, 11) is 0. The first-order chi connectivity index (χ1) is 15.2. The van der Waals surface area contributed by atoms with Crippen LogP contribution < -0.4 is 0 Å². The molecule has 0 radical (unpaired) electrons. The number of benzene rings is 1. The van der Waals surface area contributed by atoms with Crippen LogP contribution in [0, 0.1) is 6.07 Å². The van der Waals surface area contributed by atoms with Gasteiger partial charge in [0.25, 0.3) is 0 Å². The third-order valence-corrected chi connectivity index (χ3v) is 4.97. The minimum absolute atomic E-state index is 0. The number of fused-ring (bicyclic) bond motifs is 8. The van der Waals surface area contributed by atoms with E-state index in [0.29, 0.717) is 0 Å². The molecule has 0 saturated heterocycles. The number of aromatic nitrogens is 4. The Bertz CT molecular complexity index is 1360. The van der Waals surface area contributed by atoms with E-state index in [1.165, 1.54) is 0 Å². The van der Waals surface area contributed by atoms with Crippen LogP contribution in [0.3, 0.4) is 0 Å². The Morgan fingerprint density at radius 3 is 1.38 bits per heavy atom. The Morgan fingerprint density at radius 2 is 0.969 bits per heavy atom. The molecule has 0 fully saturated rings. The normalized spacial score (nSPS) is 11.4. The summed E-state index contributed by atoms with van der Waals surface area (Å²) in [5.41, 5.74) is 7.86. The molecular weight excluding hydrogens is 500 g/mol. The number of aromatic amines is 2. The minimum atomic E-state index is 0. The van der Waals surface area contributed by atoms with Gasteiger partial charge in [-0.05, 0) is 72.8 Å². The second kappa shape index (κ2) is 9.95. The van der Waals surface area contributed by atoms with Crippen LogP contribution in [-0.2, 0) is 21.1 Å². The van der Waals surface area contributed by atoms with Crippen LogP contribution in [0.25, 0.3) is 46.4 Å². The molecule has 2 N–H and O–H groups in total. The molecule has 1 aromatic carbocycles. The van der Waals surface area contributed by atoms with Crippen molar-refractivity contribution in [1.29, 1.82) is 0 Å². The van der Waals surface area contributed by atoms with Gasteiger partial charge in [0.05, 0.1) is 22.8 Å². The molecule has 0 spiro atoms. The maximum Gasteiger partial charge on any atom is 0.0659 e. The van der Waals surface area contributed by atoms with E-state index in [4.69, 9.17) is 11.6 Å². The molecule has 0 atom stereocenters. The Kier molecular flexibility index (Phi) is 6.84. The van der Waals surface area contributed by atoms with E-state index < -0.39 is 0 Å². The number of nitrogens with one attached hydrogen (secondary N) is 2. The van der Waals surface area contributed by atoms with Crippen LogP contribution in [-0.4, -0.2) is 19.9 Å². The minimum Gasteiger partial charge on any atom is -0.355 e. The molecule has 5 heterocycles. The second-order valence-corrected chi connectivity index (χ2v) is 7.56. The Balaban J connectivity index is 0.000000265. The molecule has 8 bridgehead atoms. The summed E-state index contributed by atoms with van der Waals surface area (Å²) >= 11 is 5.52. The molecule has 0 saturated carbocycles. The maximum absolute atomic E-state index is 5.52. The van der Waals surface area contributed by atoms with Gasteiger partial charge in [0.1, 0.15) is 0 Å². The first-order valence-electron chi connectivity index (χ1n) is 9.86. The number of halogens is 1. The Morgan fingerprint density at radius 1 is 0.562 bits per heavy atom. The number of hydrogen-bond donors (Lipinski definition) is 2. The largest absolute Gasteiger partial charge is 0.355 e. The fourth-order valence-corrected chi connectivity index (χ4v) is 3.44. The van der Waals surface area contributed by atoms with E-state index in [2.05, 4.69) is 56.3 Å². The van der Waals surface area contributed by atoms with Crippen molar-refractivity contribution in [2.24, 2.45) is 0 Å². The van der Waals surface area contributed by atoms with Gasteiger partial charge in [0.2, 0.25) is 0 Å². The van der Waals surface area contributed by atoms with Crippen molar-refractivity contribution in [1.82, 2.24) is 19.9 Å². The fourth-order valence-electron chi connectivity index (χ4n) is 3.31. The molecule has 2 aliphatic heterocycles. The smallest absolute Gasteiger partial charge is 0.0659 e.